The van der Waals surface area contributed by atoms with Crippen LogP contribution in [0.5, 0.6) is 0 Å². The molecule has 0 saturated heterocycles. The zero-order chi connectivity index (χ0) is 10.1. The minimum absolute atomic E-state index is 0.607. The van der Waals surface area contributed by atoms with Crippen molar-refractivity contribution in [3.05, 3.63) is 34.9 Å². The number of thiophene rings is 1. The number of aromatic nitrogens is 1. The molecular weight excluding hydrogens is 397 g/mol. The van der Waals surface area contributed by atoms with Crippen molar-refractivity contribution in [3.8, 4) is 0 Å². The summed E-state index contributed by atoms with van der Waals surface area (Å²) in [5.41, 5.74) is 0.890. The molecule has 1 unspecified atom stereocenters. The molecule has 0 aliphatic heterocycles. The lowest BCUT2D eigenvalue weighted by Gasteiger charge is -2.05. The Morgan fingerprint density at radius 2 is 2.29 bits per heavy atom. The molecule has 2 aromatic heterocycles. The van der Waals surface area contributed by atoms with Crippen molar-refractivity contribution in [1.29, 1.82) is 0 Å². The monoisotopic (exact) mass is 401 g/mol. The molecular formula is C8H5BrINOS2. The lowest BCUT2D eigenvalue weighted by molar-refractivity contribution is 0.219. The van der Waals surface area contributed by atoms with Gasteiger partial charge < -0.3 is 5.11 Å². The average Bonchev–Trinajstić information content (AvgIpc) is 2.73. The summed E-state index contributed by atoms with van der Waals surface area (Å²) in [5, 5.41) is 14.6. The molecule has 0 aliphatic carbocycles. The van der Waals surface area contributed by atoms with Gasteiger partial charge in [0.25, 0.3) is 0 Å². The Morgan fingerprint density at radius 1 is 1.50 bits per heavy atom. The molecule has 2 aromatic rings. The second-order valence-corrected chi connectivity index (χ2v) is 7.13. The van der Waals surface area contributed by atoms with Crippen LogP contribution in [0.4, 0.5) is 0 Å². The standard InChI is InChI=1S/C8H5BrINOS2/c9-5-3-13-2-4(5)7(12)8-11-1-6(10)14-8/h1-3,7,12H. The summed E-state index contributed by atoms with van der Waals surface area (Å²) in [4.78, 5) is 4.16. The first kappa shape index (κ1) is 11.0. The van der Waals surface area contributed by atoms with E-state index in [4.69, 9.17) is 0 Å². The summed E-state index contributed by atoms with van der Waals surface area (Å²) in [6.45, 7) is 0. The van der Waals surface area contributed by atoms with Crippen LogP contribution in [0, 0.1) is 2.88 Å². The fourth-order valence-electron chi connectivity index (χ4n) is 1.01. The maximum absolute atomic E-state index is 10.00. The Bertz CT molecular complexity index is 442. The van der Waals surface area contributed by atoms with Gasteiger partial charge in [-0.05, 0) is 43.9 Å². The first-order chi connectivity index (χ1) is 6.68. The van der Waals surface area contributed by atoms with E-state index in [1.165, 1.54) is 11.3 Å². The molecule has 74 valence electrons. The predicted octanol–water partition coefficient (Wildman–Crippen LogP) is 3.65. The van der Waals surface area contributed by atoms with Gasteiger partial charge in [-0.1, -0.05) is 0 Å². The summed E-state index contributed by atoms with van der Waals surface area (Å²) in [7, 11) is 0. The minimum Gasteiger partial charge on any atom is -0.381 e. The molecule has 2 rings (SSSR count). The number of rotatable bonds is 2. The van der Waals surface area contributed by atoms with E-state index >= 15 is 0 Å². The van der Waals surface area contributed by atoms with Crippen molar-refractivity contribution >= 4 is 61.2 Å². The van der Waals surface area contributed by atoms with Gasteiger partial charge in [0.2, 0.25) is 0 Å². The highest BCUT2D eigenvalue weighted by Gasteiger charge is 2.17. The summed E-state index contributed by atoms with van der Waals surface area (Å²) < 4.78 is 2.03. The number of hydrogen-bond acceptors (Lipinski definition) is 4. The van der Waals surface area contributed by atoms with Crippen LogP contribution in [0.1, 0.15) is 16.7 Å². The largest absolute Gasteiger partial charge is 0.381 e. The van der Waals surface area contributed by atoms with E-state index in [0.717, 1.165) is 17.9 Å². The Kier molecular flexibility index (Phi) is 3.59. The molecule has 2 heterocycles. The SMILES string of the molecule is OC(c1ncc(I)s1)c1cscc1Br. The van der Waals surface area contributed by atoms with E-state index in [2.05, 4.69) is 43.5 Å². The van der Waals surface area contributed by atoms with Gasteiger partial charge in [-0.25, -0.2) is 4.98 Å². The van der Waals surface area contributed by atoms with Gasteiger partial charge in [-0.2, -0.15) is 11.3 Å². The van der Waals surface area contributed by atoms with Crippen LogP contribution in [-0.2, 0) is 0 Å². The summed E-state index contributed by atoms with van der Waals surface area (Å²) in [6, 6.07) is 0. The Hall–Kier alpha value is 0.500. The van der Waals surface area contributed by atoms with Crippen LogP contribution in [-0.4, -0.2) is 10.1 Å². The molecule has 0 aromatic carbocycles. The Labute approximate surface area is 111 Å². The highest BCUT2D eigenvalue weighted by atomic mass is 127. The number of aliphatic hydroxyl groups is 1. The van der Waals surface area contributed by atoms with E-state index in [1.54, 1.807) is 17.5 Å². The number of nitrogens with zero attached hydrogens (tertiary/aromatic N) is 1. The van der Waals surface area contributed by atoms with Gasteiger partial charge in [0, 0.05) is 15.4 Å². The van der Waals surface area contributed by atoms with Crippen LogP contribution >= 0.6 is 61.2 Å². The van der Waals surface area contributed by atoms with Crippen molar-refractivity contribution in [3.63, 3.8) is 0 Å². The molecule has 2 nitrogen and oxygen atoms in total. The highest BCUT2D eigenvalue weighted by molar-refractivity contribution is 14.1. The number of thiazole rings is 1. The van der Waals surface area contributed by atoms with Crippen molar-refractivity contribution in [2.24, 2.45) is 0 Å². The van der Waals surface area contributed by atoms with Crippen LogP contribution < -0.4 is 0 Å². The van der Waals surface area contributed by atoms with Gasteiger partial charge in [-0.3, -0.25) is 0 Å². The lowest BCUT2D eigenvalue weighted by atomic mass is 10.2. The normalized spacial score (nSPS) is 13.1. The first-order valence-corrected chi connectivity index (χ1v) is 7.32. The van der Waals surface area contributed by atoms with Crippen molar-refractivity contribution < 1.29 is 5.11 Å². The average molecular weight is 402 g/mol. The zero-order valence-electron chi connectivity index (χ0n) is 6.78. The topological polar surface area (TPSA) is 33.1 Å². The molecule has 0 bridgehead atoms. The van der Waals surface area contributed by atoms with Crippen molar-refractivity contribution in [2.75, 3.05) is 0 Å². The van der Waals surface area contributed by atoms with E-state index in [0.29, 0.717) is 0 Å². The third kappa shape index (κ3) is 2.19. The van der Waals surface area contributed by atoms with E-state index < -0.39 is 6.10 Å². The number of hydrogen-bond donors (Lipinski definition) is 1. The fraction of sp³-hybridized carbons (Fsp3) is 0.125. The van der Waals surface area contributed by atoms with Crippen molar-refractivity contribution in [1.82, 2.24) is 4.98 Å². The highest BCUT2D eigenvalue weighted by Crippen LogP contribution is 2.33. The quantitative estimate of drug-likeness (QED) is 0.779. The summed E-state index contributed by atoms with van der Waals surface area (Å²) in [5.74, 6) is 0. The second kappa shape index (κ2) is 4.56. The maximum atomic E-state index is 10.00. The van der Waals surface area contributed by atoms with E-state index in [9.17, 15) is 5.11 Å². The molecule has 1 atom stereocenters. The van der Waals surface area contributed by atoms with Gasteiger partial charge in [0.05, 0.1) is 9.08 Å². The first-order valence-electron chi connectivity index (χ1n) is 3.69. The van der Waals surface area contributed by atoms with Gasteiger partial charge in [-0.15, -0.1) is 11.3 Å². The van der Waals surface area contributed by atoms with Crippen LogP contribution in [0.3, 0.4) is 0 Å². The second-order valence-electron chi connectivity index (χ2n) is 2.58. The molecule has 0 fully saturated rings. The molecule has 1 N–H and O–H groups in total. The minimum atomic E-state index is -0.607. The molecule has 0 radical (unpaired) electrons. The molecule has 14 heavy (non-hydrogen) atoms. The van der Waals surface area contributed by atoms with Crippen LogP contribution in [0.2, 0.25) is 0 Å². The summed E-state index contributed by atoms with van der Waals surface area (Å²) in [6.07, 6.45) is 1.16. The third-order valence-corrected chi connectivity index (χ3v) is 5.20. The fourth-order valence-corrected chi connectivity index (χ4v) is 4.01. The van der Waals surface area contributed by atoms with E-state index in [-0.39, 0.29) is 0 Å². The molecule has 0 spiro atoms. The maximum Gasteiger partial charge on any atom is 0.132 e. The van der Waals surface area contributed by atoms with Gasteiger partial charge >= 0.3 is 0 Å². The predicted molar refractivity (Wildman–Crippen MR) is 70.9 cm³/mol. The smallest absolute Gasteiger partial charge is 0.132 e. The number of halogens is 2. The van der Waals surface area contributed by atoms with Gasteiger partial charge in [0.1, 0.15) is 11.1 Å². The van der Waals surface area contributed by atoms with Crippen molar-refractivity contribution in [2.45, 2.75) is 6.10 Å². The Balaban J connectivity index is 2.33. The van der Waals surface area contributed by atoms with E-state index in [1.807, 2.05) is 10.8 Å². The zero-order valence-corrected chi connectivity index (χ0v) is 12.2. The van der Waals surface area contributed by atoms with Crippen LogP contribution in [0.15, 0.2) is 21.4 Å². The molecule has 0 saturated carbocycles. The lowest BCUT2D eigenvalue weighted by Crippen LogP contribution is -1.97. The number of aliphatic hydroxyl groups excluding tert-OH is 1. The van der Waals surface area contributed by atoms with Gasteiger partial charge in [0.15, 0.2) is 0 Å². The third-order valence-electron chi connectivity index (χ3n) is 1.67. The molecule has 0 aliphatic rings. The Morgan fingerprint density at radius 3 is 2.79 bits per heavy atom. The molecule has 0 amide bonds. The van der Waals surface area contributed by atoms with Crippen LogP contribution in [0.25, 0.3) is 0 Å². The molecule has 6 heteroatoms. The summed E-state index contributed by atoms with van der Waals surface area (Å²) >= 11 is 8.67.